The van der Waals surface area contributed by atoms with E-state index in [-0.39, 0.29) is 36.2 Å². The lowest BCUT2D eigenvalue weighted by atomic mass is 9.99. The molecule has 0 radical (unpaired) electrons. The molecule has 4 aliphatic rings. The van der Waals surface area contributed by atoms with Crippen molar-refractivity contribution in [2.45, 2.75) is 56.7 Å². The summed E-state index contributed by atoms with van der Waals surface area (Å²) in [6.45, 7) is 6.84. The van der Waals surface area contributed by atoms with E-state index in [0.29, 0.717) is 71.8 Å². The first kappa shape index (κ1) is 35.6. The number of carbonyl (C=O) groups is 4. The van der Waals surface area contributed by atoms with Crippen LogP contribution in [0.1, 0.15) is 48.0 Å². The van der Waals surface area contributed by atoms with E-state index < -0.39 is 6.04 Å². The smallest absolute Gasteiger partial charge is 0.322 e. The van der Waals surface area contributed by atoms with Crippen molar-refractivity contribution in [1.82, 2.24) is 29.8 Å². The molecular weight excluding hydrogens is 756 g/mol. The van der Waals surface area contributed by atoms with Crippen LogP contribution in [-0.2, 0) is 11.2 Å². The normalized spacial score (nSPS) is 20.7. The molecule has 12 nitrogen and oxygen atoms in total. The lowest BCUT2D eigenvalue weighted by molar-refractivity contribution is -0.134. The van der Waals surface area contributed by atoms with Gasteiger partial charge in [-0.3, -0.25) is 14.5 Å². The average molecular weight is 803 g/mol. The standard InChI is InChI=1S/C35H46Br2N8O4/c1-41-16-18-42(19-17-41)25-7-13-44(14-8-25)34(48)40-30(22-31(46)24-20-27(36)32(38)28(37)21-24)33(47)43-11-9-26(10-12-43)45-15-6-23-4-2-3-5-29(23)39-35(45)49/h2-5,20-21,25-26,30H,6-19,22,38H2,1H3,(H,39,49)(H,40,48)/t30-/m1/s1. The molecule has 0 spiro atoms. The minimum absolute atomic E-state index is 0.0147. The maximum Gasteiger partial charge on any atom is 0.322 e. The summed E-state index contributed by atoms with van der Waals surface area (Å²) < 4.78 is 1.14. The molecule has 4 heterocycles. The van der Waals surface area contributed by atoms with Gasteiger partial charge in [-0.05, 0) is 94.8 Å². The number of hydrogen-bond acceptors (Lipinski definition) is 7. The van der Waals surface area contributed by atoms with Crippen molar-refractivity contribution < 1.29 is 19.2 Å². The number of benzene rings is 2. The summed E-state index contributed by atoms with van der Waals surface area (Å²) in [7, 11) is 2.15. The number of ketones is 1. The van der Waals surface area contributed by atoms with Crippen LogP contribution in [0.5, 0.6) is 0 Å². The number of para-hydroxylation sites is 1. The summed E-state index contributed by atoms with van der Waals surface area (Å²) >= 11 is 6.82. The summed E-state index contributed by atoms with van der Waals surface area (Å²) in [6, 6.07) is 10.1. The van der Waals surface area contributed by atoms with Crippen molar-refractivity contribution in [3.8, 4) is 0 Å². The predicted octanol–water partition coefficient (Wildman–Crippen LogP) is 4.24. The van der Waals surface area contributed by atoms with Crippen LogP contribution in [0.15, 0.2) is 45.3 Å². The summed E-state index contributed by atoms with van der Waals surface area (Å²) in [5.74, 6) is -0.557. The Hall–Kier alpha value is -3.20. The number of anilines is 2. The number of hydrogen-bond donors (Lipinski definition) is 3. The molecule has 0 aromatic heterocycles. The number of halogens is 2. The fraction of sp³-hybridized carbons (Fsp3) is 0.543. The maximum absolute atomic E-state index is 14.1. The maximum atomic E-state index is 14.1. The van der Waals surface area contributed by atoms with E-state index in [4.69, 9.17) is 5.73 Å². The van der Waals surface area contributed by atoms with E-state index in [1.54, 1.807) is 21.9 Å². The van der Waals surface area contributed by atoms with Gasteiger partial charge in [0, 0.05) is 97.6 Å². The van der Waals surface area contributed by atoms with Gasteiger partial charge in [0.05, 0.1) is 5.69 Å². The molecule has 2 aromatic rings. The fourth-order valence-corrected chi connectivity index (χ4v) is 8.65. The number of Topliss-reactive ketones (excluding diaryl/α,β-unsaturated/α-hetero) is 1. The zero-order valence-corrected chi connectivity index (χ0v) is 31.2. The number of amides is 5. The molecule has 2 aromatic carbocycles. The third-order valence-corrected chi connectivity index (χ3v) is 11.9. The molecule has 6 rings (SSSR count). The number of piperazine rings is 1. The molecule has 3 saturated heterocycles. The topological polar surface area (TPSA) is 135 Å². The zero-order valence-electron chi connectivity index (χ0n) is 28.0. The van der Waals surface area contributed by atoms with Crippen molar-refractivity contribution in [2.75, 3.05) is 77.0 Å². The van der Waals surface area contributed by atoms with Crippen LogP contribution in [0.3, 0.4) is 0 Å². The second-order valence-corrected chi connectivity index (χ2v) is 15.3. The molecule has 49 heavy (non-hydrogen) atoms. The van der Waals surface area contributed by atoms with Crippen LogP contribution in [0.25, 0.3) is 0 Å². The van der Waals surface area contributed by atoms with Crippen molar-refractivity contribution in [2.24, 2.45) is 0 Å². The third kappa shape index (κ3) is 8.41. The molecule has 0 aliphatic carbocycles. The Morgan fingerprint density at radius 3 is 2.16 bits per heavy atom. The van der Waals surface area contributed by atoms with Crippen LogP contribution in [0.2, 0.25) is 0 Å². The Balaban J connectivity index is 1.10. The molecule has 3 fully saturated rings. The average Bonchev–Trinajstić information content (AvgIpc) is 3.28. The number of nitrogens with one attached hydrogen (secondary N) is 2. The Labute approximate surface area is 304 Å². The summed E-state index contributed by atoms with van der Waals surface area (Å²) in [5.41, 5.74) is 8.87. The molecule has 0 unspecified atom stereocenters. The van der Waals surface area contributed by atoms with E-state index in [2.05, 4.69) is 59.3 Å². The van der Waals surface area contributed by atoms with Crippen LogP contribution < -0.4 is 16.4 Å². The number of likely N-dealkylation sites (N-methyl/N-ethyl adjacent to an activating group) is 1. The number of piperidine rings is 2. The number of rotatable bonds is 7. The van der Waals surface area contributed by atoms with Gasteiger partial charge in [0.15, 0.2) is 5.78 Å². The van der Waals surface area contributed by atoms with Gasteiger partial charge in [-0.1, -0.05) is 18.2 Å². The molecule has 0 saturated carbocycles. The molecule has 5 amide bonds. The highest BCUT2D eigenvalue weighted by Crippen LogP contribution is 2.31. The Morgan fingerprint density at radius 2 is 1.49 bits per heavy atom. The predicted molar refractivity (Wildman–Crippen MR) is 197 cm³/mol. The second kappa shape index (κ2) is 15.8. The number of nitrogens with zero attached hydrogens (tertiary/aromatic N) is 5. The van der Waals surface area contributed by atoms with Crippen molar-refractivity contribution >= 4 is 67.0 Å². The highest BCUT2D eigenvalue weighted by molar-refractivity contribution is 9.11. The largest absolute Gasteiger partial charge is 0.397 e. The third-order valence-electron chi connectivity index (χ3n) is 10.6. The first-order chi connectivity index (χ1) is 23.6. The first-order valence-corrected chi connectivity index (χ1v) is 18.9. The van der Waals surface area contributed by atoms with E-state index in [9.17, 15) is 19.2 Å². The van der Waals surface area contributed by atoms with Gasteiger partial charge in [0.1, 0.15) is 6.04 Å². The number of nitrogen functional groups attached to an aromatic ring is 1. The summed E-state index contributed by atoms with van der Waals surface area (Å²) in [4.78, 5) is 64.7. The van der Waals surface area contributed by atoms with E-state index in [1.807, 2.05) is 29.2 Å². The monoisotopic (exact) mass is 800 g/mol. The van der Waals surface area contributed by atoms with Crippen molar-refractivity contribution in [3.63, 3.8) is 0 Å². The Bertz CT molecular complexity index is 1530. The Morgan fingerprint density at radius 1 is 0.878 bits per heavy atom. The molecular formula is C35H46Br2N8O4. The molecule has 14 heteroatoms. The molecule has 264 valence electrons. The second-order valence-electron chi connectivity index (χ2n) is 13.6. The van der Waals surface area contributed by atoms with Gasteiger partial charge in [-0.2, -0.15) is 0 Å². The molecule has 4 aliphatic heterocycles. The van der Waals surface area contributed by atoms with Crippen LogP contribution in [0.4, 0.5) is 21.0 Å². The van der Waals surface area contributed by atoms with Gasteiger partial charge < -0.3 is 36.0 Å². The first-order valence-electron chi connectivity index (χ1n) is 17.3. The van der Waals surface area contributed by atoms with Gasteiger partial charge >= 0.3 is 12.1 Å². The minimum atomic E-state index is -1.03. The highest BCUT2D eigenvalue weighted by atomic mass is 79.9. The zero-order chi connectivity index (χ0) is 34.7. The quantitative estimate of drug-likeness (QED) is 0.282. The number of nitrogens with two attached hydrogens (primary N) is 1. The fourth-order valence-electron chi connectivity index (χ4n) is 7.47. The summed E-state index contributed by atoms with van der Waals surface area (Å²) in [5, 5.41) is 6.00. The highest BCUT2D eigenvalue weighted by Gasteiger charge is 2.36. The van der Waals surface area contributed by atoms with E-state index >= 15 is 0 Å². The van der Waals surface area contributed by atoms with Crippen LogP contribution >= 0.6 is 31.9 Å². The van der Waals surface area contributed by atoms with Crippen molar-refractivity contribution in [3.05, 3.63) is 56.5 Å². The summed E-state index contributed by atoms with van der Waals surface area (Å²) in [6.07, 6.45) is 3.56. The van der Waals surface area contributed by atoms with Gasteiger partial charge in [-0.15, -0.1) is 0 Å². The number of fused-ring (bicyclic) bond motifs is 1. The molecule has 0 bridgehead atoms. The molecule has 4 N–H and O–H groups in total. The molecule has 1 atom stereocenters. The number of likely N-dealkylation sites (tertiary alicyclic amines) is 2. The minimum Gasteiger partial charge on any atom is -0.397 e. The van der Waals surface area contributed by atoms with Crippen LogP contribution in [-0.4, -0.2) is 132 Å². The van der Waals surface area contributed by atoms with E-state index in [1.165, 1.54) is 0 Å². The SMILES string of the molecule is CN1CCN(C2CCN(C(=O)N[C@H](CC(=O)c3cc(Br)c(N)c(Br)c3)C(=O)N3CCC(N4CCc5ccccc5NC4=O)CC3)CC2)CC1. The van der Waals surface area contributed by atoms with Gasteiger partial charge in [0.25, 0.3) is 0 Å². The van der Waals surface area contributed by atoms with Gasteiger partial charge in [0.2, 0.25) is 5.91 Å². The Kier molecular flexibility index (Phi) is 11.5. The van der Waals surface area contributed by atoms with Crippen LogP contribution in [0, 0.1) is 0 Å². The van der Waals surface area contributed by atoms with E-state index in [0.717, 1.165) is 56.7 Å². The van der Waals surface area contributed by atoms with Crippen molar-refractivity contribution in [1.29, 1.82) is 0 Å². The van der Waals surface area contributed by atoms with Gasteiger partial charge in [-0.25, -0.2) is 9.59 Å². The lowest BCUT2D eigenvalue weighted by Crippen LogP contribution is -2.58. The number of urea groups is 2. The lowest BCUT2D eigenvalue weighted by Gasteiger charge is -2.42. The number of carbonyl (C=O) groups excluding carboxylic acids is 4.